The SMILES string of the molecule is Cl.N=C(N)c1ccc(N=Nc2c(O)ccc3cc(O)ccc23)cc1. The molecule has 7 heteroatoms. The molecule has 0 aliphatic rings. The van der Waals surface area contributed by atoms with E-state index in [0.29, 0.717) is 22.3 Å². The first-order valence-electron chi connectivity index (χ1n) is 6.85. The van der Waals surface area contributed by atoms with Gasteiger partial charge in [-0.1, -0.05) is 6.07 Å². The lowest BCUT2D eigenvalue weighted by Gasteiger charge is -2.04. The fraction of sp³-hybridized carbons (Fsp3) is 0. The molecule has 3 rings (SSSR count). The number of phenols is 2. The summed E-state index contributed by atoms with van der Waals surface area (Å²) in [6.07, 6.45) is 0. The number of amidine groups is 1. The molecule has 0 bridgehead atoms. The topological polar surface area (TPSA) is 115 Å². The van der Waals surface area contributed by atoms with Gasteiger partial charge in [0.05, 0.1) is 5.69 Å². The Kier molecular flexibility index (Phi) is 5.01. The molecule has 0 amide bonds. The number of azo groups is 1. The van der Waals surface area contributed by atoms with E-state index >= 15 is 0 Å². The van der Waals surface area contributed by atoms with Crippen molar-refractivity contribution < 1.29 is 10.2 Å². The van der Waals surface area contributed by atoms with Crippen molar-refractivity contribution in [2.45, 2.75) is 0 Å². The number of nitrogens with one attached hydrogen (secondary N) is 1. The van der Waals surface area contributed by atoms with Crippen LogP contribution in [0, 0.1) is 5.41 Å². The van der Waals surface area contributed by atoms with E-state index in [2.05, 4.69) is 10.2 Å². The van der Waals surface area contributed by atoms with Gasteiger partial charge in [0.15, 0.2) is 0 Å². The van der Waals surface area contributed by atoms with Gasteiger partial charge in [-0.2, -0.15) is 5.11 Å². The standard InChI is InChI=1S/C17H14N4O2.ClH/c18-17(19)10-1-4-12(5-2-10)20-21-16-14-7-6-13(22)9-11(14)3-8-15(16)23;/h1-9,22-23H,(H3,18,19);1H. The summed E-state index contributed by atoms with van der Waals surface area (Å²) in [5.41, 5.74) is 6.91. The van der Waals surface area contributed by atoms with Crippen LogP contribution in [0.3, 0.4) is 0 Å². The highest BCUT2D eigenvalue weighted by molar-refractivity contribution is 5.96. The molecule has 0 fully saturated rings. The van der Waals surface area contributed by atoms with Gasteiger partial charge in [0.25, 0.3) is 0 Å². The van der Waals surface area contributed by atoms with Crippen molar-refractivity contribution in [3.8, 4) is 11.5 Å². The molecule has 6 nitrogen and oxygen atoms in total. The average Bonchev–Trinajstić information content (AvgIpc) is 2.54. The molecule has 3 aromatic carbocycles. The third-order valence-corrected chi connectivity index (χ3v) is 3.40. The molecule has 0 spiro atoms. The first-order valence-corrected chi connectivity index (χ1v) is 6.85. The fourth-order valence-corrected chi connectivity index (χ4v) is 2.21. The second-order valence-electron chi connectivity index (χ2n) is 5.00. The maximum Gasteiger partial charge on any atom is 0.143 e. The van der Waals surface area contributed by atoms with E-state index in [0.717, 1.165) is 5.39 Å². The summed E-state index contributed by atoms with van der Waals surface area (Å²) in [4.78, 5) is 0. The minimum atomic E-state index is -0.0139. The number of aromatic hydroxyl groups is 2. The second-order valence-corrected chi connectivity index (χ2v) is 5.00. The molecule has 122 valence electrons. The van der Waals surface area contributed by atoms with Crippen molar-refractivity contribution in [2.75, 3.05) is 0 Å². The fourth-order valence-electron chi connectivity index (χ4n) is 2.21. The number of hydrogen-bond acceptors (Lipinski definition) is 5. The van der Waals surface area contributed by atoms with Crippen LogP contribution in [-0.2, 0) is 0 Å². The molecule has 24 heavy (non-hydrogen) atoms. The summed E-state index contributed by atoms with van der Waals surface area (Å²) in [5, 5.41) is 36.5. The summed E-state index contributed by atoms with van der Waals surface area (Å²) in [7, 11) is 0. The van der Waals surface area contributed by atoms with E-state index < -0.39 is 0 Å². The number of rotatable bonds is 3. The predicted octanol–water partition coefficient (Wildman–Crippen LogP) is 4.37. The maximum absolute atomic E-state index is 10.0. The number of halogens is 1. The van der Waals surface area contributed by atoms with Crippen LogP contribution in [0.25, 0.3) is 10.8 Å². The molecule has 0 unspecified atom stereocenters. The molecular formula is C17H15ClN4O2. The molecule has 0 aliphatic carbocycles. The van der Waals surface area contributed by atoms with Crippen LogP contribution in [0.5, 0.6) is 11.5 Å². The quantitative estimate of drug-likeness (QED) is 0.321. The zero-order valence-electron chi connectivity index (χ0n) is 12.5. The van der Waals surface area contributed by atoms with Crippen molar-refractivity contribution in [1.82, 2.24) is 0 Å². The van der Waals surface area contributed by atoms with E-state index in [4.69, 9.17) is 11.1 Å². The molecule has 0 aliphatic heterocycles. The molecule has 0 heterocycles. The summed E-state index contributed by atoms with van der Waals surface area (Å²) >= 11 is 0. The largest absolute Gasteiger partial charge is 0.508 e. The third kappa shape index (κ3) is 3.44. The van der Waals surface area contributed by atoms with Gasteiger partial charge in [0.2, 0.25) is 0 Å². The lowest BCUT2D eigenvalue weighted by Crippen LogP contribution is -2.10. The smallest absolute Gasteiger partial charge is 0.143 e. The zero-order valence-corrected chi connectivity index (χ0v) is 13.3. The second kappa shape index (κ2) is 6.97. The Bertz CT molecular complexity index is 924. The predicted molar refractivity (Wildman–Crippen MR) is 96.2 cm³/mol. The van der Waals surface area contributed by atoms with Crippen molar-refractivity contribution in [3.63, 3.8) is 0 Å². The summed E-state index contributed by atoms with van der Waals surface area (Å²) in [5.74, 6) is 0.137. The van der Waals surface area contributed by atoms with Gasteiger partial charge >= 0.3 is 0 Å². The van der Waals surface area contributed by atoms with Crippen LogP contribution in [-0.4, -0.2) is 16.0 Å². The Balaban J connectivity index is 0.00000208. The van der Waals surface area contributed by atoms with Crippen molar-refractivity contribution in [2.24, 2.45) is 16.0 Å². The minimum Gasteiger partial charge on any atom is -0.508 e. The monoisotopic (exact) mass is 342 g/mol. The molecule has 3 aromatic rings. The van der Waals surface area contributed by atoms with Crippen molar-refractivity contribution >= 4 is 40.4 Å². The molecule has 0 atom stereocenters. The minimum absolute atomic E-state index is 0. The third-order valence-electron chi connectivity index (χ3n) is 3.40. The van der Waals surface area contributed by atoms with Crippen LogP contribution in [0.4, 0.5) is 11.4 Å². The van der Waals surface area contributed by atoms with Crippen molar-refractivity contribution in [1.29, 1.82) is 5.41 Å². The number of hydrogen-bond donors (Lipinski definition) is 4. The molecule has 0 saturated carbocycles. The van der Waals surface area contributed by atoms with Gasteiger partial charge in [-0.25, -0.2) is 0 Å². The van der Waals surface area contributed by atoms with Gasteiger partial charge in [0.1, 0.15) is 23.0 Å². The van der Waals surface area contributed by atoms with E-state index in [1.165, 1.54) is 12.1 Å². The Morgan fingerprint density at radius 3 is 2.29 bits per heavy atom. The molecular weight excluding hydrogens is 328 g/mol. The van der Waals surface area contributed by atoms with Gasteiger partial charge in [-0.15, -0.1) is 17.5 Å². The molecule has 0 saturated heterocycles. The van der Waals surface area contributed by atoms with E-state index in [-0.39, 0.29) is 29.7 Å². The van der Waals surface area contributed by atoms with Crippen LogP contribution in [0.15, 0.2) is 64.8 Å². The number of phenolic OH excluding ortho intramolecular Hbond substituents is 2. The number of fused-ring (bicyclic) bond motifs is 1. The van der Waals surface area contributed by atoms with Gasteiger partial charge in [0, 0.05) is 10.9 Å². The maximum atomic E-state index is 10.0. The van der Waals surface area contributed by atoms with Crippen LogP contribution in [0.1, 0.15) is 5.56 Å². The van der Waals surface area contributed by atoms with Crippen LogP contribution >= 0.6 is 12.4 Å². The number of nitrogen functional groups attached to an aromatic ring is 1. The Labute approximate surface area is 144 Å². The Morgan fingerprint density at radius 1 is 0.917 bits per heavy atom. The highest BCUT2D eigenvalue weighted by Crippen LogP contribution is 2.37. The van der Waals surface area contributed by atoms with Crippen molar-refractivity contribution in [3.05, 3.63) is 60.2 Å². The summed E-state index contributed by atoms with van der Waals surface area (Å²) in [6, 6.07) is 14.7. The summed E-state index contributed by atoms with van der Waals surface area (Å²) < 4.78 is 0. The number of nitrogens with zero attached hydrogens (tertiary/aromatic N) is 2. The molecule has 0 aromatic heterocycles. The Hall–Kier alpha value is -3.12. The lowest BCUT2D eigenvalue weighted by molar-refractivity contribution is 0.474. The molecule has 0 radical (unpaired) electrons. The van der Waals surface area contributed by atoms with Gasteiger partial charge in [-0.05, 0) is 53.9 Å². The first-order chi connectivity index (χ1) is 11.0. The number of benzene rings is 3. The zero-order chi connectivity index (χ0) is 16.4. The molecule has 5 N–H and O–H groups in total. The highest BCUT2D eigenvalue weighted by Gasteiger charge is 2.07. The highest BCUT2D eigenvalue weighted by atomic mass is 35.5. The van der Waals surface area contributed by atoms with E-state index in [9.17, 15) is 10.2 Å². The van der Waals surface area contributed by atoms with E-state index in [1.807, 2.05) is 0 Å². The van der Waals surface area contributed by atoms with E-state index in [1.54, 1.807) is 42.5 Å². The van der Waals surface area contributed by atoms with Crippen LogP contribution in [0.2, 0.25) is 0 Å². The Morgan fingerprint density at radius 2 is 1.62 bits per heavy atom. The lowest BCUT2D eigenvalue weighted by atomic mass is 10.1. The summed E-state index contributed by atoms with van der Waals surface area (Å²) in [6.45, 7) is 0. The first kappa shape index (κ1) is 17.2. The van der Waals surface area contributed by atoms with Crippen LogP contribution < -0.4 is 5.73 Å². The van der Waals surface area contributed by atoms with Gasteiger partial charge in [-0.3, -0.25) is 5.41 Å². The average molecular weight is 343 g/mol. The van der Waals surface area contributed by atoms with Gasteiger partial charge < -0.3 is 15.9 Å². The number of nitrogens with two attached hydrogens (primary N) is 1. The normalized spacial score (nSPS) is 10.7.